The van der Waals surface area contributed by atoms with Gasteiger partial charge in [-0.15, -0.1) is 0 Å². The first-order valence-electron chi connectivity index (χ1n) is 8.34. The number of hydrogen-bond acceptors (Lipinski definition) is 3. The number of hydrogen-bond donors (Lipinski definition) is 1. The Balaban J connectivity index is 1.77. The van der Waals surface area contributed by atoms with E-state index in [-0.39, 0.29) is 5.54 Å². The molecule has 2 heterocycles. The topological polar surface area (TPSA) is 32.5 Å². The zero-order chi connectivity index (χ0) is 13.5. The molecule has 1 saturated carbocycles. The van der Waals surface area contributed by atoms with E-state index in [1.165, 1.54) is 58.0 Å². The molecular formula is C16H31N3. The second kappa shape index (κ2) is 5.34. The third-order valence-electron chi connectivity index (χ3n) is 6.33. The standard InChI is InChI=1S/C16H31N3/c1-13-5-3-6-14(11-13)18(2)16(12-17)8-10-19-9-4-7-15(16)19/h13-15H,3-12,17H2,1-2H3. The highest BCUT2D eigenvalue weighted by atomic mass is 15.3. The second-order valence-corrected chi connectivity index (χ2v) is 7.29. The Labute approximate surface area is 118 Å². The average Bonchev–Trinajstić information content (AvgIpc) is 3.00. The SMILES string of the molecule is CC1CCCC(N(C)C2(CN)CCN3CCCC32)C1. The Bertz CT molecular complexity index is 319. The van der Waals surface area contributed by atoms with Gasteiger partial charge in [-0.3, -0.25) is 9.80 Å². The van der Waals surface area contributed by atoms with Gasteiger partial charge in [-0.2, -0.15) is 0 Å². The van der Waals surface area contributed by atoms with Crippen LogP contribution in [0.3, 0.4) is 0 Å². The van der Waals surface area contributed by atoms with E-state index in [1.807, 2.05) is 0 Å². The van der Waals surface area contributed by atoms with Gasteiger partial charge in [0.2, 0.25) is 0 Å². The van der Waals surface area contributed by atoms with Crippen LogP contribution in [0.25, 0.3) is 0 Å². The van der Waals surface area contributed by atoms with Crippen LogP contribution < -0.4 is 5.73 Å². The summed E-state index contributed by atoms with van der Waals surface area (Å²) in [4.78, 5) is 5.42. The first-order chi connectivity index (χ1) is 9.17. The fraction of sp³-hybridized carbons (Fsp3) is 1.00. The molecule has 2 saturated heterocycles. The van der Waals surface area contributed by atoms with Crippen LogP contribution in [0, 0.1) is 5.92 Å². The van der Waals surface area contributed by atoms with Gasteiger partial charge in [0.25, 0.3) is 0 Å². The molecule has 0 bridgehead atoms. The molecule has 0 amide bonds. The van der Waals surface area contributed by atoms with Crippen molar-refractivity contribution in [1.29, 1.82) is 0 Å². The first kappa shape index (κ1) is 13.8. The molecule has 0 spiro atoms. The van der Waals surface area contributed by atoms with E-state index in [0.717, 1.165) is 24.5 Å². The molecule has 3 heteroatoms. The summed E-state index contributed by atoms with van der Waals surface area (Å²) in [6, 6.07) is 1.51. The molecular weight excluding hydrogens is 234 g/mol. The van der Waals surface area contributed by atoms with Gasteiger partial charge < -0.3 is 5.73 Å². The summed E-state index contributed by atoms with van der Waals surface area (Å²) in [5.41, 5.74) is 6.57. The van der Waals surface area contributed by atoms with Crippen molar-refractivity contribution < 1.29 is 0 Å². The maximum atomic E-state index is 6.30. The summed E-state index contributed by atoms with van der Waals surface area (Å²) in [5, 5.41) is 0. The molecule has 1 aliphatic carbocycles. The lowest BCUT2D eigenvalue weighted by molar-refractivity contribution is 0.0276. The smallest absolute Gasteiger partial charge is 0.0498 e. The predicted molar refractivity (Wildman–Crippen MR) is 80.2 cm³/mol. The van der Waals surface area contributed by atoms with Crippen LogP contribution in [0.2, 0.25) is 0 Å². The third kappa shape index (κ3) is 2.24. The van der Waals surface area contributed by atoms with Crippen LogP contribution in [0.15, 0.2) is 0 Å². The van der Waals surface area contributed by atoms with Crippen molar-refractivity contribution in [2.75, 3.05) is 26.7 Å². The molecule has 3 fully saturated rings. The number of nitrogens with zero attached hydrogens (tertiary/aromatic N) is 2. The summed E-state index contributed by atoms with van der Waals surface area (Å²) in [6.45, 7) is 5.84. The van der Waals surface area contributed by atoms with Gasteiger partial charge in [-0.25, -0.2) is 0 Å². The molecule has 0 aromatic carbocycles. The van der Waals surface area contributed by atoms with E-state index in [0.29, 0.717) is 0 Å². The van der Waals surface area contributed by atoms with Crippen molar-refractivity contribution >= 4 is 0 Å². The summed E-state index contributed by atoms with van der Waals surface area (Å²) in [5.74, 6) is 0.900. The average molecular weight is 265 g/mol. The Kier molecular flexibility index (Phi) is 3.89. The van der Waals surface area contributed by atoms with E-state index in [4.69, 9.17) is 5.73 Å². The molecule has 4 unspecified atom stereocenters. The van der Waals surface area contributed by atoms with Gasteiger partial charge in [0, 0.05) is 30.7 Å². The lowest BCUT2D eigenvalue weighted by Gasteiger charge is -2.48. The lowest BCUT2D eigenvalue weighted by atomic mass is 9.80. The number of rotatable bonds is 3. The quantitative estimate of drug-likeness (QED) is 0.848. The van der Waals surface area contributed by atoms with E-state index in [9.17, 15) is 0 Å². The van der Waals surface area contributed by atoms with Gasteiger partial charge in [-0.1, -0.05) is 19.8 Å². The first-order valence-corrected chi connectivity index (χ1v) is 8.34. The normalized spacial score (nSPS) is 43.9. The van der Waals surface area contributed by atoms with Crippen LogP contribution in [0.4, 0.5) is 0 Å². The van der Waals surface area contributed by atoms with Crippen LogP contribution in [0.1, 0.15) is 51.9 Å². The minimum Gasteiger partial charge on any atom is -0.329 e. The zero-order valence-corrected chi connectivity index (χ0v) is 12.8. The summed E-state index contributed by atoms with van der Waals surface area (Å²) >= 11 is 0. The summed E-state index contributed by atoms with van der Waals surface area (Å²) in [6.07, 6.45) is 9.63. The molecule has 0 aromatic heterocycles. The van der Waals surface area contributed by atoms with Crippen molar-refractivity contribution in [3.63, 3.8) is 0 Å². The van der Waals surface area contributed by atoms with Crippen molar-refractivity contribution in [3.8, 4) is 0 Å². The second-order valence-electron chi connectivity index (χ2n) is 7.29. The van der Waals surface area contributed by atoms with Crippen LogP contribution in [-0.4, -0.2) is 54.1 Å². The molecule has 0 aromatic rings. The molecule has 0 radical (unpaired) electrons. The molecule has 19 heavy (non-hydrogen) atoms. The zero-order valence-electron chi connectivity index (χ0n) is 12.8. The van der Waals surface area contributed by atoms with Crippen LogP contribution >= 0.6 is 0 Å². The highest BCUT2D eigenvalue weighted by Crippen LogP contribution is 2.42. The minimum absolute atomic E-state index is 0.276. The molecule has 110 valence electrons. The number of fused-ring (bicyclic) bond motifs is 1. The van der Waals surface area contributed by atoms with Gasteiger partial charge >= 0.3 is 0 Å². The predicted octanol–water partition coefficient (Wildman–Crippen LogP) is 2.06. The molecule has 2 aliphatic heterocycles. The van der Waals surface area contributed by atoms with Crippen LogP contribution in [-0.2, 0) is 0 Å². The molecule has 4 atom stereocenters. The van der Waals surface area contributed by atoms with E-state index < -0.39 is 0 Å². The van der Waals surface area contributed by atoms with Crippen molar-refractivity contribution in [2.24, 2.45) is 11.7 Å². The van der Waals surface area contributed by atoms with Crippen LogP contribution in [0.5, 0.6) is 0 Å². The molecule has 2 N–H and O–H groups in total. The number of likely N-dealkylation sites (N-methyl/N-ethyl adjacent to an activating group) is 1. The van der Waals surface area contributed by atoms with Gasteiger partial charge in [0.1, 0.15) is 0 Å². The summed E-state index contributed by atoms with van der Waals surface area (Å²) in [7, 11) is 2.37. The van der Waals surface area contributed by atoms with Gasteiger partial charge in [-0.05, 0) is 51.6 Å². The van der Waals surface area contributed by atoms with Gasteiger partial charge in [0.15, 0.2) is 0 Å². The third-order valence-corrected chi connectivity index (χ3v) is 6.33. The van der Waals surface area contributed by atoms with E-state index in [2.05, 4.69) is 23.8 Å². The molecule has 3 nitrogen and oxygen atoms in total. The van der Waals surface area contributed by atoms with E-state index >= 15 is 0 Å². The monoisotopic (exact) mass is 265 g/mol. The largest absolute Gasteiger partial charge is 0.329 e. The van der Waals surface area contributed by atoms with E-state index in [1.54, 1.807) is 0 Å². The molecule has 3 aliphatic rings. The Morgan fingerprint density at radius 2 is 2.05 bits per heavy atom. The van der Waals surface area contributed by atoms with Crippen molar-refractivity contribution in [1.82, 2.24) is 9.80 Å². The maximum absolute atomic E-state index is 6.30. The maximum Gasteiger partial charge on any atom is 0.0498 e. The molecule has 3 rings (SSSR count). The Morgan fingerprint density at radius 3 is 2.79 bits per heavy atom. The fourth-order valence-electron chi connectivity index (χ4n) is 5.12. The van der Waals surface area contributed by atoms with Crippen molar-refractivity contribution in [2.45, 2.75) is 69.5 Å². The van der Waals surface area contributed by atoms with Gasteiger partial charge in [0.05, 0.1) is 0 Å². The lowest BCUT2D eigenvalue weighted by Crippen LogP contribution is -2.61. The van der Waals surface area contributed by atoms with Crippen molar-refractivity contribution in [3.05, 3.63) is 0 Å². The Morgan fingerprint density at radius 1 is 1.21 bits per heavy atom. The fourth-order valence-corrected chi connectivity index (χ4v) is 5.12. The highest BCUT2D eigenvalue weighted by Gasteiger charge is 2.52. The summed E-state index contributed by atoms with van der Waals surface area (Å²) < 4.78 is 0. The highest BCUT2D eigenvalue weighted by molar-refractivity contribution is 5.10. The number of nitrogens with two attached hydrogens (primary N) is 1. The minimum atomic E-state index is 0.276. The Hall–Kier alpha value is -0.120.